The lowest BCUT2D eigenvalue weighted by Crippen LogP contribution is -2.03. The second-order valence-corrected chi connectivity index (χ2v) is 4.28. The van der Waals surface area contributed by atoms with Crippen LogP contribution in [0.2, 0.25) is 10.0 Å². The first-order valence-corrected chi connectivity index (χ1v) is 5.75. The summed E-state index contributed by atoms with van der Waals surface area (Å²) < 4.78 is 18.9. The highest BCUT2D eigenvalue weighted by Crippen LogP contribution is 2.30. The molecule has 0 fully saturated rings. The van der Waals surface area contributed by atoms with E-state index >= 15 is 0 Å². The molecule has 7 heteroatoms. The van der Waals surface area contributed by atoms with Crippen molar-refractivity contribution in [1.29, 1.82) is 0 Å². The molecule has 2 rings (SSSR count). The summed E-state index contributed by atoms with van der Waals surface area (Å²) in [4.78, 5) is 14.4. The van der Waals surface area contributed by atoms with E-state index in [4.69, 9.17) is 33.0 Å². The third kappa shape index (κ3) is 2.94. The first-order valence-electron chi connectivity index (χ1n) is 4.99. The summed E-state index contributed by atoms with van der Waals surface area (Å²) in [5.41, 5.74) is -0.523. The summed E-state index contributed by atoms with van der Waals surface area (Å²) in [6, 6.07) is 5.35. The second kappa shape index (κ2) is 5.42. The zero-order valence-corrected chi connectivity index (χ0v) is 10.7. The van der Waals surface area contributed by atoms with Crippen molar-refractivity contribution in [3.63, 3.8) is 0 Å². The number of ether oxygens (including phenoxy) is 1. The van der Waals surface area contributed by atoms with E-state index < -0.39 is 23.2 Å². The Morgan fingerprint density at radius 3 is 2.63 bits per heavy atom. The summed E-state index contributed by atoms with van der Waals surface area (Å²) in [7, 11) is 0. The molecule has 0 aliphatic heterocycles. The Hall–Kier alpha value is -1.85. The summed E-state index contributed by atoms with van der Waals surface area (Å²) in [6.07, 6.45) is 1.14. The number of hydrogen-bond acceptors (Lipinski definition) is 3. The SMILES string of the molecule is O=C(O)c1ccnc(Oc2ccc(Cl)c(Cl)c2)c1F. The van der Waals surface area contributed by atoms with Gasteiger partial charge in [-0.3, -0.25) is 0 Å². The summed E-state index contributed by atoms with van der Waals surface area (Å²) in [5, 5.41) is 9.33. The van der Waals surface area contributed by atoms with Crippen LogP contribution in [0.25, 0.3) is 0 Å². The fraction of sp³-hybridized carbons (Fsp3) is 0. The van der Waals surface area contributed by atoms with E-state index in [9.17, 15) is 9.18 Å². The highest BCUT2D eigenvalue weighted by atomic mass is 35.5. The van der Waals surface area contributed by atoms with Crippen molar-refractivity contribution < 1.29 is 19.0 Å². The third-order valence-corrected chi connectivity index (χ3v) is 2.93. The Morgan fingerprint density at radius 1 is 1.26 bits per heavy atom. The largest absolute Gasteiger partial charge is 0.478 e. The maximum Gasteiger partial charge on any atom is 0.338 e. The van der Waals surface area contributed by atoms with Gasteiger partial charge in [0.25, 0.3) is 5.88 Å². The smallest absolute Gasteiger partial charge is 0.338 e. The minimum Gasteiger partial charge on any atom is -0.478 e. The maximum atomic E-state index is 13.8. The molecule has 4 nitrogen and oxygen atoms in total. The average Bonchev–Trinajstić information content (AvgIpc) is 2.36. The average molecular weight is 302 g/mol. The van der Waals surface area contributed by atoms with Gasteiger partial charge in [-0.1, -0.05) is 23.2 Å². The molecule has 1 heterocycles. The normalized spacial score (nSPS) is 10.3. The van der Waals surface area contributed by atoms with Crippen LogP contribution in [0.5, 0.6) is 11.6 Å². The van der Waals surface area contributed by atoms with Crippen LogP contribution in [-0.4, -0.2) is 16.1 Å². The standard InChI is InChI=1S/C12H6Cl2FNO3/c13-8-2-1-6(5-9(8)14)19-11-10(15)7(12(17)18)3-4-16-11/h1-5H,(H,17,18). The number of carbonyl (C=O) groups is 1. The topological polar surface area (TPSA) is 59.4 Å². The first kappa shape index (κ1) is 13.6. The molecule has 0 atom stereocenters. The molecule has 19 heavy (non-hydrogen) atoms. The number of halogens is 3. The second-order valence-electron chi connectivity index (χ2n) is 3.46. The lowest BCUT2D eigenvalue weighted by molar-refractivity contribution is 0.0690. The minimum atomic E-state index is -1.40. The first-order chi connectivity index (χ1) is 8.99. The Kier molecular flexibility index (Phi) is 3.87. The van der Waals surface area contributed by atoms with E-state index in [-0.39, 0.29) is 10.8 Å². The summed E-state index contributed by atoms with van der Waals surface area (Å²) in [6.45, 7) is 0. The quantitative estimate of drug-likeness (QED) is 0.930. The molecule has 0 radical (unpaired) electrons. The maximum absolute atomic E-state index is 13.8. The molecule has 98 valence electrons. The summed E-state index contributed by atoms with van der Waals surface area (Å²) in [5.74, 6) is -2.71. The van der Waals surface area contributed by atoms with Crippen molar-refractivity contribution in [1.82, 2.24) is 4.98 Å². The van der Waals surface area contributed by atoms with Gasteiger partial charge < -0.3 is 9.84 Å². The monoisotopic (exact) mass is 301 g/mol. The molecule has 0 saturated carbocycles. The van der Waals surface area contributed by atoms with E-state index in [1.807, 2.05) is 0 Å². The highest BCUT2D eigenvalue weighted by Gasteiger charge is 2.17. The van der Waals surface area contributed by atoms with Gasteiger partial charge in [0.2, 0.25) is 0 Å². The van der Waals surface area contributed by atoms with Crippen molar-refractivity contribution in [3.8, 4) is 11.6 Å². The van der Waals surface area contributed by atoms with Crippen molar-refractivity contribution in [2.75, 3.05) is 0 Å². The molecular formula is C12H6Cl2FNO3. The van der Waals surface area contributed by atoms with Crippen LogP contribution in [0.1, 0.15) is 10.4 Å². The van der Waals surface area contributed by atoms with Gasteiger partial charge in [-0.05, 0) is 18.2 Å². The number of aromatic nitrogens is 1. The van der Waals surface area contributed by atoms with Crippen molar-refractivity contribution in [2.24, 2.45) is 0 Å². The Bertz CT molecular complexity index is 649. The molecule has 0 unspecified atom stereocenters. The van der Waals surface area contributed by atoms with Gasteiger partial charge in [-0.25, -0.2) is 14.2 Å². The number of rotatable bonds is 3. The van der Waals surface area contributed by atoms with Gasteiger partial charge in [0.1, 0.15) is 11.3 Å². The van der Waals surface area contributed by atoms with E-state index in [1.54, 1.807) is 0 Å². The molecule has 0 spiro atoms. The minimum absolute atomic E-state index is 0.198. The molecule has 0 aliphatic rings. The van der Waals surface area contributed by atoms with Crippen LogP contribution in [0, 0.1) is 5.82 Å². The number of nitrogens with zero attached hydrogens (tertiary/aromatic N) is 1. The predicted molar refractivity (Wildman–Crippen MR) is 67.7 cm³/mol. The van der Waals surface area contributed by atoms with Crippen LogP contribution < -0.4 is 4.74 Å². The van der Waals surface area contributed by atoms with Gasteiger partial charge in [0, 0.05) is 12.3 Å². The lowest BCUT2D eigenvalue weighted by atomic mass is 10.2. The number of carboxylic acids is 1. The molecule has 1 aromatic carbocycles. The van der Waals surface area contributed by atoms with Crippen molar-refractivity contribution in [2.45, 2.75) is 0 Å². The van der Waals surface area contributed by atoms with Gasteiger partial charge in [-0.2, -0.15) is 0 Å². The van der Waals surface area contributed by atoms with Crippen LogP contribution >= 0.6 is 23.2 Å². The van der Waals surface area contributed by atoms with Crippen LogP contribution in [-0.2, 0) is 0 Å². The van der Waals surface area contributed by atoms with Gasteiger partial charge >= 0.3 is 5.97 Å². The van der Waals surface area contributed by atoms with Gasteiger partial charge in [0.15, 0.2) is 5.82 Å². The number of carboxylic acid groups (broad SMARTS) is 1. The number of benzene rings is 1. The number of hydrogen-bond donors (Lipinski definition) is 1. The molecule has 1 aromatic heterocycles. The molecule has 2 aromatic rings. The molecule has 0 aliphatic carbocycles. The number of aromatic carboxylic acids is 1. The van der Waals surface area contributed by atoms with Crippen molar-refractivity contribution >= 4 is 29.2 Å². The van der Waals surface area contributed by atoms with E-state index in [0.29, 0.717) is 5.02 Å². The van der Waals surface area contributed by atoms with Crippen LogP contribution in [0.4, 0.5) is 4.39 Å². The lowest BCUT2D eigenvalue weighted by Gasteiger charge is -2.07. The van der Waals surface area contributed by atoms with E-state index in [0.717, 1.165) is 12.3 Å². The van der Waals surface area contributed by atoms with E-state index in [2.05, 4.69) is 4.98 Å². The Morgan fingerprint density at radius 2 is 2.00 bits per heavy atom. The van der Waals surface area contributed by atoms with Gasteiger partial charge in [0.05, 0.1) is 10.0 Å². The fourth-order valence-electron chi connectivity index (χ4n) is 1.31. The number of pyridine rings is 1. The molecule has 1 N–H and O–H groups in total. The van der Waals surface area contributed by atoms with Crippen LogP contribution in [0.15, 0.2) is 30.5 Å². The van der Waals surface area contributed by atoms with Crippen molar-refractivity contribution in [3.05, 3.63) is 51.9 Å². The zero-order valence-electron chi connectivity index (χ0n) is 9.23. The molecule has 0 amide bonds. The fourth-order valence-corrected chi connectivity index (χ4v) is 1.60. The molecule has 0 saturated heterocycles. The zero-order chi connectivity index (χ0) is 14.0. The molecule has 0 bridgehead atoms. The Labute approximate surface area is 117 Å². The third-order valence-electron chi connectivity index (χ3n) is 2.19. The predicted octanol–water partition coefficient (Wildman–Crippen LogP) is 4.02. The highest BCUT2D eigenvalue weighted by molar-refractivity contribution is 6.42. The molecular weight excluding hydrogens is 296 g/mol. The van der Waals surface area contributed by atoms with E-state index in [1.165, 1.54) is 18.2 Å². The van der Waals surface area contributed by atoms with Crippen LogP contribution in [0.3, 0.4) is 0 Å². The van der Waals surface area contributed by atoms with Gasteiger partial charge in [-0.15, -0.1) is 0 Å². The Balaban J connectivity index is 2.35. The summed E-state index contributed by atoms with van der Waals surface area (Å²) >= 11 is 11.5.